The Hall–Kier alpha value is -0.120. The molecule has 4 aliphatic rings. The highest BCUT2D eigenvalue weighted by atomic mass is 16.5. The smallest absolute Gasteiger partial charge is 0.0691 e. The Bertz CT molecular complexity index is 396. The van der Waals surface area contributed by atoms with Crippen LogP contribution in [0.2, 0.25) is 0 Å². The highest BCUT2D eigenvalue weighted by molar-refractivity contribution is 5.22. The third-order valence-corrected chi connectivity index (χ3v) is 7.25. The molecule has 0 aromatic heterocycles. The van der Waals surface area contributed by atoms with Crippen LogP contribution in [-0.4, -0.2) is 42.3 Å². The molecule has 2 N–H and O–H groups in total. The molecule has 0 amide bonds. The van der Waals surface area contributed by atoms with Crippen molar-refractivity contribution in [3.8, 4) is 0 Å². The van der Waals surface area contributed by atoms with E-state index < -0.39 is 0 Å². The van der Waals surface area contributed by atoms with Crippen LogP contribution in [0.25, 0.3) is 0 Å². The average molecular weight is 278 g/mol. The Balaban J connectivity index is 1.51. The fourth-order valence-corrected chi connectivity index (χ4v) is 5.83. The molecule has 0 aromatic rings. The molecular weight excluding hydrogens is 248 g/mol. The Morgan fingerprint density at radius 3 is 2.80 bits per heavy atom. The van der Waals surface area contributed by atoms with E-state index in [1.54, 1.807) is 0 Å². The molecule has 2 saturated carbocycles. The van der Waals surface area contributed by atoms with Gasteiger partial charge in [0.2, 0.25) is 0 Å². The molecule has 3 heteroatoms. The molecule has 2 heterocycles. The fraction of sp³-hybridized carbons (Fsp3) is 1.00. The normalized spacial score (nSPS) is 50.5. The molecule has 4 rings (SSSR count). The van der Waals surface area contributed by atoms with E-state index in [9.17, 15) is 0 Å². The Kier molecular flexibility index (Phi) is 3.00. The maximum absolute atomic E-state index is 6.95. The van der Waals surface area contributed by atoms with Crippen molar-refractivity contribution in [1.29, 1.82) is 0 Å². The van der Waals surface area contributed by atoms with E-state index in [4.69, 9.17) is 10.5 Å². The molecule has 114 valence electrons. The fourth-order valence-electron chi connectivity index (χ4n) is 5.83. The number of ether oxygens (including phenoxy) is 1. The van der Waals surface area contributed by atoms with E-state index in [0.29, 0.717) is 12.0 Å². The van der Waals surface area contributed by atoms with Crippen LogP contribution in [0.1, 0.15) is 52.4 Å². The molecule has 0 radical (unpaired) electrons. The van der Waals surface area contributed by atoms with E-state index >= 15 is 0 Å². The number of rotatable bonds is 2. The average Bonchev–Trinajstić information content (AvgIpc) is 3.05. The zero-order chi connectivity index (χ0) is 14.0. The molecule has 2 aliphatic carbocycles. The standard InChI is InChI=1S/C17H30N2O/c1-16(2)15-13(8-10-20-15)17(16,18)11-19-9-7-12-5-3-4-6-14(12)19/h12-15H,3-11,18H2,1-2H3. The predicted octanol–water partition coefficient (Wildman–Crippen LogP) is 2.39. The van der Waals surface area contributed by atoms with Gasteiger partial charge in [0.15, 0.2) is 0 Å². The molecular formula is C17H30N2O. The second-order valence-electron chi connectivity index (χ2n) is 8.32. The minimum Gasteiger partial charge on any atom is -0.377 e. The lowest BCUT2D eigenvalue weighted by atomic mass is 9.48. The van der Waals surface area contributed by atoms with Crippen molar-refractivity contribution in [2.45, 2.75) is 70.1 Å². The summed E-state index contributed by atoms with van der Waals surface area (Å²) in [5.41, 5.74) is 7.06. The molecule has 3 nitrogen and oxygen atoms in total. The molecule has 0 bridgehead atoms. The van der Waals surface area contributed by atoms with Gasteiger partial charge >= 0.3 is 0 Å². The molecule has 5 unspecified atom stereocenters. The molecule has 2 aliphatic heterocycles. The monoisotopic (exact) mass is 278 g/mol. The summed E-state index contributed by atoms with van der Waals surface area (Å²) in [6, 6.07) is 0.835. The second-order valence-corrected chi connectivity index (χ2v) is 8.32. The molecule has 0 spiro atoms. The van der Waals surface area contributed by atoms with Gasteiger partial charge in [0.1, 0.15) is 0 Å². The zero-order valence-electron chi connectivity index (χ0n) is 13.1. The van der Waals surface area contributed by atoms with Crippen molar-refractivity contribution in [1.82, 2.24) is 4.90 Å². The van der Waals surface area contributed by atoms with Gasteiger partial charge in [-0.15, -0.1) is 0 Å². The summed E-state index contributed by atoms with van der Waals surface area (Å²) < 4.78 is 5.94. The topological polar surface area (TPSA) is 38.5 Å². The summed E-state index contributed by atoms with van der Waals surface area (Å²) >= 11 is 0. The molecule has 0 aromatic carbocycles. The first-order valence-corrected chi connectivity index (χ1v) is 8.68. The number of fused-ring (bicyclic) bond motifs is 2. The van der Waals surface area contributed by atoms with E-state index in [2.05, 4.69) is 18.7 Å². The first-order chi connectivity index (χ1) is 9.54. The van der Waals surface area contributed by atoms with Crippen molar-refractivity contribution in [2.24, 2.45) is 23.0 Å². The maximum atomic E-state index is 6.95. The summed E-state index contributed by atoms with van der Waals surface area (Å²) in [5, 5.41) is 0. The van der Waals surface area contributed by atoms with Crippen LogP contribution in [0, 0.1) is 17.3 Å². The molecule has 4 fully saturated rings. The lowest BCUT2D eigenvalue weighted by Gasteiger charge is -2.63. The van der Waals surface area contributed by atoms with Crippen molar-refractivity contribution < 1.29 is 4.74 Å². The molecule has 5 atom stereocenters. The Morgan fingerprint density at radius 1 is 1.15 bits per heavy atom. The minimum absolute atomic E-state index is 0.0273. The highest BCUT2D eigenvalue weighted by Crippen LogP contribution is 2.58. The molecule has 2 saturated heterocycles. The van der Waals surface area contributed by atoms with Gasteiger partial charge in [0.05, 0.1) is 6.10 Å². The van der Waals surface area contributed by atoms with Gasteiger partial charge in [-0.2, -0.15) is 0 Å². The van der Waals surface area contributed by atoms with Gasteiger partial charge in [0, 0.05) is 36.1 Å². The van der Waals surface area contributed by atoms with Gasteiger partial charge in [-0.1, -0.05) is 26.7 Å². The van der Waals surface area contributed by atoms with E-state index in [-0.39, 0.29) is 11.0 Å². The van der Waals surface area contributed by atoms with Crippen LogP contribution in [0.3, 0.4) is 0 Å². The first kappa shape index (κ1) is 13.5. The number of nitrogens with zero attached hydrogens (tertiary/aromatic N) is 1. The van der Waals surface area contributed by atoms with E-state index in [1.165, 1.54) is 45.1 Å². The van der Waals surface area contributed by atoms with Crippen LogP contribution in [0.4, 0.5) is 0 Å². The van der Waals surface area contributed by atoms with Crippen molar-refractivity contribution in [2.75, 3.05) is 19.7 Å². The highest BCUT2D eigenvalue weighted by Gasteiger charge is 2.68. The van der Waals surface area contributed by atoms with Gasteiger partial charge < -0.3 is 10.5 Å². The first-order valence-electron chi connectivity index (χ1n) is 8.68. The Morgan fingerprint density at radius 2 is 1.95 bits per heavy atom. The van der Waals surface area contributed by atoms with Crippen LogP contribution in [0.5, 0.6) is 0 Å². The third-order valence-electron chi connectivity index (χ3n) is 7.25. The van der Waals surface area contributed by atoms with Crippen LogP contribution >= 0.6 is 0 Å². The van der Waals surface area contributed by atoms with Crippen LogP contribution in [-0.2, 0) is 4.74 Å². The predicted molar refractivity (Wildman–Crippen MR) is 80.5 cm³/mol. The van der Waals surface area contributed by atoms with E-state index in [0.717, 1.165) is 25.1 Å². The van der Waals surface area contributed by atoms with Crippen molar-refractivity contribution in [3.63, 3.8) is 0 Å². The zero-order valence-corrected chi connectivity index (χ0v) is 13.1. The second kappa shape index (κ2) is 4.44. The lowest BCUT2D eigenvalue weighted by Crippen LogP contribution is -2.78. The number of hydrogen-bond donors (Lipinski definition) is 1. The van der Waals surface area contributed by atoms with Gasteiger partial charge in [-0.05, 0) is 38.1 Å². The van der Waals surface area contributed by atoms with E-state index in [1.807, 2.05) is 0 Å². The summed E-state index contributed by atoms with van der Waals surface area (Å²) in [7, 11) is 0. The maximum Gasteiger partial charge on any atom is 0.0691 e. The number of nitrogens with two attached hydrogens (primary N) is 1. The quantitative estimate of drug-likeness (QED) is 0.843. The SMILES string of the molecule is CC1(C)C2OCCC2C1(N)CN1CCC2CCCCC21. The molecule has 20 heavy (non-hydrogen) atoms. The number of likely N-dealkylation sites (tertiary alicyclic amines) is 1. The summed E-state index contributed by atoms with van der Waals surface area (Å²) in [6.45, 7) is 7.96. The largest absolute Gasteiger partial charge is 0.377 e. The van der Waals surface area contributed by atoms with Gasteiger partial charge in [0.25, 0.3) is 0 Å². The lowest BCUT2D eigenvalue weighted by molar-refractivity contribution is -0.164. The minimum atomic E-state index is -0.0273. The van der Waals surface area contributed by atoms with Crippen LogP contribution < -0.4 is 5.73 Å². The Labute approximate surface area is 123 Å². The number of hydrogen-bond acceptors (Lipinski definition) is 3. The van der Waals surface area contributed by atoms with Gasteiger partial charge in [-0.3, -0.25) is 4.90 Å². The van der Waals surface area contributed by atoms with Crippen molar-refractivity contribution in [3.05, 3.63) is 0 Å². The van der Waals surface area contributed by atoms with Crippen molar-refractivity contribution >= 4 is 0 Å². The van der Waals surface area contributed by atoms with Crippen LogP contribution in [0.15, 0.2) is 0 Å². The third kappa shape index (κ3) is 1.63. The summed E-state index contributed by atoms with van der Waals surface area (Å²) in [6.07, 6.45) is 8.74. The summed E-state index contributed by atoms with van der Waals surface area (Å²) in [5.74, 6) is 1.56. The van der Waals surface area contributed by atoms with Gasteiger partial charge in [-0.25, -0.2) is 0 Å². The summed E-state index contributed by atoms with van der Waals surface area (Å²) in [4.78, 5) is 2.75.